The molecule has 13 heteroatoms. The molecule has 0 unspecified atom stereocenters. The fourth-order valence-corrected chi connectivity index (χ4v) is 4.07. The summed E-state index contributed by atoms with van der Waals surface area (Å²) in [5.74, 6) is 0.361. The van der Waals surface area contributed by atoms with Crippen LogP contribution in [0.25, 0.3) is 5.65 Å². The zero-order valence-electron chi connectivity index (χ0n) is 16.7. The zero-order chi connectivity index (χ0) is 22.3. The maximum Gasteiger partial charge on any atom is 0.423 e. The van der Waals surface area contributed by atoms with Crippen LogP contribution in [0.1, 0.15) is 43.0 Å². The molecule has 3 aromatic rings. The number of fused-ring (bicyclic) bond motifs is 1. The molecule has 2 aliphatic rings. The van der Waals surface area contributed by atoms with Crippen molar-refractivity contribution in [3.8, 4) is 5.88 Å². The smallest absolute Gasteiger partial charge is 0.423 e. The zero-order valence-corrected chi connectivity index (χ0v) is 17.5. The average Bonchev–Trinajstić information content (AvgIpc) is 3.13. The number of aromatic nitrogens is 6. The molecule has 1 aliphatic carbocycles. The second-order valence-corrected chi connectivity index (χ2v) is 8.26. The van der Waals surface area contributed by atoms with Crippen molar-refractivity contribution in [2.45, 2.75) is 49.9 Å². The van der Waals surface area contributed by atoms with Crippen molar-refractivity contribution in [3.05, 3.63) is 34.9 Å². The first-order valence-electron chi connectivity index (χ1n) is 10.2. The van der Waals surface area contributed by atoms with Crippen molar-refractivity contribution in [3.63, 3.8) is 0 Å². The monoisotopic (exact) mass is 469 g/mol. The Kier molecular flexibility index (Phi) is 5.49. The van der Waals surface area contributed by atoms with Crippen molar-refractivity contribution < 1.29 is 22.6 Å². The standard InChI is InChI=1S/C19H19ClF3N7O2/c20-14-4-5-15-27-28-16(30(15)29-14)10-2-1-3-11(6-10)25-18-24-7-13(19(21,22)23)17(26-18)32-12-8-31-9-12/h4-5,7,10-12H,1-3,6,8-9H2,(H,24,25,26)/t10-,11+/m0/s1. The third kappa shape index (κ3) is 4.29. The molecule has 1 aliphatic heterocycles. The van der Waals surface area contributed by atoms with E-state index >= 15 is 0 Å². The lowest BCUT2D eigenvalue weighted by atomic mass is 9.85. The number of nitrogens with one attached hydrogen (secondary N) is 1. The lowest BCUT2D eigenvalue weighted by Crippen LogP contribution is -2.39. The van der Waals surface area contributed by atoms with Crippen LogP contribution in [0.3, 0.4) is 0 Å². The summed E-state index contributed by atoms with van der Waals surface area (Å²) in [6.07, 6.45) is -1.04. The molecule has 32 heavy (non-hydrogen) atoms. The predicted molar refractivity (Wildman–Crippen MR) is 107 cm³/mol. The van der Waals surface area contributed by atoms with Gasteiger partial charge in [-0.3, -0.25) is 0 Å². The Hall–Kier alpha value is -2.73. The molecule has 0 bridgehead atoms. The third-order valence-electron chi connectivity index (χ3n) is 5.57. The summed E-state index contributed by atoms with van der Waals surface area (Å²) in [4.78, 5) is 7.91. The number of halogens is 4. The summed E-state index contributed by atoms with van der Waals surface area (Å²) in [6.45, 7) is 0.470. The minimum atomic E-state index is -4.61. The topological polar surface area (TPSA) is 99.4 Å². The second kappa shape index (κ2) is 8.32. The molecule has 2 fully saturated rings. The number of rotatable bonds is 5. The first-order chi connectivity index (χ1) is 15.4. The average molecular weight is 470 g/mol. The van der Waals surface area contributed by atoms with Crippen LogP contribution in [0.2, 0.25) is 5.15 Å². The van der Waals surface area contributed by atoms with Crippen LogP contribution in [0.4, 0.5) is 19.1 Å². The van der Waals surface area contributed by atoms with Gasteiger partial charge in [0.25, 0.3) is 0 Å². The van der Waals surface area contributed by atoms with Gasteiger partial charge in [-0.05, 0) is 31.4 Å². The second-order valence-electron chi connectivity index (χ2n) is 7.88. The maximum atomic E-state index is 13.3. The molecule has 0 amide bonds. The van der Waals surface area contributed by atoms with Gasteiger partial charge in [-0.15, -0.1) is 10.2 Å². The SMILES string of the molecule is FC(F)(F)c1cnc(N[C@@H]2CCC[C@H](c3nnc4ccc(Cl)nn34)C2)nc1OC1COC1. The Balaban J connectivity index is 1.34. The quantitative estimate of drug-likeness (QED) is 0.606. The third-order valence-corrected chi connectivity index (χ3v) is 5.77. The molecule has 9 nitrogen and oxygen atoms in total. The molecule has 170 valence electrons. The first kappa shape index (κ1) is 21.1. The molecule has 3 aromatic heterocycles. The van der Waals surface area contributed by atoms with Crippen LogP contribution in [0, 0.1) is 0 Å². The van der Waals surface area contributed by atoms with Gasteiger partial charge in [-0.1, -0.05) is 18.0 Å². The Morgan fingerprint density at radius 3 is 2.78 bits per heavy atom. The van der Waals surface area contributed by atoms with E-state index < -0.39 is 23.7 Å². The molecule has 1 saturated heterocycles. The van der Waals surface area contributed by atoms with Crippen LogP contribution in [0.5, 0.6) is 5.88 Å². The van der Waals surface area contributed by atoms with Crippen molar-refractivity contribution in [2.24, 2.45) is 0 Å². The normalized spacial score (nSPS) is 22.0. The van der Waals surface area contributed by atoms with Gasteiger partial charge in [0.1, 0.15) is 16.8 Å². The van der Waals surface area contributed by atoms with Gasteiger partial charge in [-0.2, -0.15) is 27.8 Å². The van der Waals surface area contributed by atoms with Crippen molar-refractivity contribution in [1.29, 1.82) is 0 Å². The van der Waals surface area contributed by atoms with E-state index in [1.165, 1.54) is 0 Å². The van der Waals surface area contributed by atoms with E-state index in [2.05, 4.69) is 30.6 Å². The van der Waals surface area contributed by atoms with E-state index in [0.717, 1.165) is 25.5 Å². The Bertz CT molecular complexity index is 1120. The molecule has 0 aromatic carbocycles. The number of nitrogens with zero attached hydrogens (tertiary/aromatic N) is 6. The van der Waals surface area contributed by atoms with Gasteiger partial charge in [-0.25, -0.2) is 4.98 Å². The summed E-state index contributed by atoms with van der Waals surface area (Å²) in [6, 6.07) is 3.34. The van der Waals surface area contributed by atoms with Gasteiger partial charge in [0, 0.05) is 18.2 Å². The van der Waals surface area contributed by atoms with Gasteiger partial charge in [0.05, 0.1) is 13.2 Å². The largest absolute Gasteiger partial charge is 0.469 e. The van der Waals surface area contributed by atoms with E-state index in [9.17, 15) is 13.2 Å². The Morgan fingerprint density at radius 2 is 2.03 bits per heavy atom. The van der Waals surface area contributed by atoms with Crippen LogP contribution in [0.15, 0.2) is 18.3 Å². The van der Waals surface area contributed by atoms with E-state index in [-0.39, 0.29) is 31.1 Å². The van der Waals surface area contributed by atoms with Crippen LogP contribution in [-0.4, -0.2) is 55.1 Å². The molecule has 0 spiro atoms. The van der Waals surface area contributed by atoms with Crippen LogP contribution < -0.4 is 10.1 Å². The molecular formula is C19H19ClF3N7O2. The molecule has 0 radical (unpaired) electrons. The lowest BCUT2D eigenvalue weighted by molar-refractivity contribution is -0.142. The maximum absolute atomic E-state index is 13.3. The highest BCUT2D eigenvalue weighted by Crippen LogP contribution is 2.37. The summed E-state index contributed by atoms with van der Waals surface area (Å²) in [5.41, 5.74) is -0.401. The number of anilines is 1. The molecule has 4 heterocycles. The molecule has 2 atom stereocenters. The number of hydrogen-bond donors (Lipinski definition) is 1. The molecule has 1 N–H and O–H groups in total. The van der Waals surface area contributed by atoms with Gasteiger partial charge >= 0.3 is 6.18 Å². The fourth-order valence-electron chi connectivity index (χ4n) is 3.94. The van der Waals surface area contributed by atoms with Crippen LogP contribution >= 0.6 is 11.6 Å². The van der Waals surface area contributed by atoms with Gasteiger partial charge in [0.15, 0.2) is 11.5 Å². The predicted octanol–water partition coefficient (Wildman–Crippen LogP) is 3.50. The van der Waals surface area contributed by atoms with Crippen LogP contribution in [-0.2, 0) is 10.9 Å². The summed E-state index contributed by atoms with van der Waals surface area (Å²) >= 11 is 6.02. The highest BCUT2D eigenvalue weighted by Gasteiger charge is 2.38. The van der Waals surface area contributed by atoms with E-state index in [1.54, 1.807) is 16.6 Å². The van der Waals surface area contributed by atoms with E-state index in [4.69, 9.17) is 21.1 Å². The van der Waals surface area contributed by atoms with Gasteiger partial charge < -0.3 is 14.8 Å². The summed E-state index contributed by atoms with van der Waals surface area (Å²) in [7, 11) is 0. The molecule has 1 saturated carbocycles. The summed E-state index contributed by atoms with van der Waals surface area (Å²) < 4.78 is 52.0. The molecule has 5 rings (SSSR count). The highest BCUT2D eigenvalue weighted by atomic mass is 35.5. The number of alkyl halides is 3. The van der Waals surface area contributed by atoms with Crippen molar-refractivity contribution in [1.82, 2.24) is 29.8 Å². The van der Waals surface area contributed by atoms with Gasteiger partial charge in [0.2, 0.25) is 11.8 Å². The highest BCUT2D eigenvalue weighted by molar-refractivity contribution is 6.29. The van der Waals surface area contributed by atoms with Crippen molar-refractivity contribution in [2.75, 3.05) is 18.5 Å². The number of ether oxygens (including phenoxy) is 2. The Morgan fingerprint density at radius 1 is 1.19 bits per heavy atom. The first-order valence-corrected chi connectivity index (χ1v) is 10.6. The van der Waals surface area contributed by atoms with E-state index in [0.29, 0.717) is 23.0 Å². The summed E-state index contributed by atoms with van der Waals surface area (Å²) in [5, 5.41) is 16.2. The minimum absolute atomic E-state index is 0.0551. The van der Waals surface area contributed by atoms with Crippen molar-refractivity contribution >= 4 is 23.2 Å². The van der Waals surface area contributed by atoms with E-state index in [1.807, 2.05) is 0 Å². The minimum Gasteiger partial charge on any atom is -0.469 e. The fraction of sp³-hybridized carbons (Fsp3) is 0.526. The molecular weight excluding hydrogens is 451 g/mol. The Labute approximate surface area is 185 Å². The number of hydrogen-bond acceptors (Lipinski definition) is 8. The lowest BCUT2D eigenvalue weighted by Gasteiger charge is -2.29.